The van der Waals surface area contributed by atoms with Crippen LogP contribution in [0.2, 0.25) is 0 Å². The van der Waals surface area contributed by atoms with Gasteiger partial charge in [-0.3, -0.25) is 9.69 Å². The molecule has 4 aromatic rings. The molecule has 1 saturated heterocycles. The lowest BCUT2D eigenvalue weighted by molar-refractivity contribution is -0.122. The second kappa shape index (κ2) is 12.9. The maximum atomic E-state index is 13.6. The number of hydrogen-bond acceptors (Lipinski definition) is 7. The van der Waals surface area contributed by atoms with Crippen LogP contribution in [0.15, 0.2) is 107 Å². The molecule has 0 atom stereocenters. The quantitative estimate of drug-likeness (QED) is 0.185. The third-order valence-electron chi connectivity index (χ3n) is 6.73. The first-order valence-electron chi connectivity index (χ1n) is 13.8. The fourth-order valence-corrected chi connectivity index (χ4v) is 5.66. The number of carbonyl (C=O) groups is 1. The molecule has 1 amide bonds. The topological polar surface area (TPSA) is 69.6 Å². The summed E-state index contributed by atoms with van der Waals surface area (Å²) in [6.45, 7) is 3.53. The van der Waals surface area contributed by atoms with Gasteiger partial charge in [0.2, 0.25) is 6.79 Å². The van der Waals surface area contributed by atoms with Crippen LogP contribution in [-0.2, 0) is 17.8 Å². The van der Waals surface area contributed by atoms with Gasteiger partial charge in [-0.1, -0.05) is 60.7 Å². The zero-order valence-electron chi connectivity index (χ0n) is 23.2. The van der Waals surface area contributed by atoms with Gasteiger partial charge in [0.05, 0.1) is 17.2 Å². The van der Waals surface area contributed by atoms with E-state index in [0.29, 0.717) is 41.3 Å². The van der Waals surface area contributed by atoms with Gasteiger partial charge in [-0.25, -0.2) is 4.99 Å². The van der Waals surface area contributed by atoms with Crippen LogP contribution in [0, 0.1) is 0 Å². The van der Waals surface area contributed by atoms with Gasteiger partial charge in [0.15, 0.2) is 28.2 Å². The Hall–Kier alpha value is -4.69. The fraction of sp³-hybridized carbons (Fsp3) is 0.176. The number of ether oxygens (including phenoxy) is 4. The van der Waals surface area contributed by atoms with E-state index in [-0.39, 0.29) is 12.7 Å². The Bertz CT molecular complexity index is 1620. The maximum Gasteiger partial charge on any atom is 0.266 e. The molecule has 0 N–H and O–H groups in total. The molecular formula is C34H30N2O5S. The van der Waals surface area contributed by atoms with Crippen LogP contribution >= 0.6 is 11.8 Å². The number of amides is 1. The Labute approximate surface area is 249 Å². The standard InChI is InChI=1S/C34H30N2O5S/c1-2-38-30-19-25(13-15-28(30)39-22-26-14-16-29-31(20-26)41-23-40-29)21-32-33(37)36(18-17-24-9-5-3-6-10-24)34(42-32)35-27-11-7-4-8-12-27/h3-16,19-21H,2,17-18,22-23H2,1H3/b32-21+,35-34?. The van der Waals surface area contributed by atoms with Gasteiger partial charge in [-0.15, -0.1) is 0 Å². The van der Waals surface area contributed by atoms with Gasteiger partial charge in [0.1, 0.15) is 6.61 Å². The zero-order valence-corrected chi connectivity index (χ0v) is 24.0. The van der Waals surface area contributed by atoms with E-state index in [0.717, 1.165) is 34.7 Å². The van der Waals surface area contributed by atoms with Crippen molar-refractivity contribution in [3.8, 4) is 23.0 Å². The number of hydrogen-bond donors (Lipinski definition) is 0. The van der Waals surface area contributed by atoms with E-state index in [4.69, 9.17) is 23.9 Å². The van der Waals surface area contributed by atoms with Crippen molar-refractivity contribution in [1.82, 2.24) is 4.90 Å². The molecule has 42 heavy (non-hydrogen) atoms. The highest BCUT2D eigenvalue weighted by atomic mass is 32.2. The van der Waals surface area contributed by atoms with E-state index in [2.05, 4.69) is 12.1 Å². The fourth-order valence-electron chi connectivity index (χ4n) is 4.63. The average molecular weight is 579 g/mol. The number of para-hydroxylation sites is 1. The van der Waals surface area contributed by atoms with Crippen LogP contribution < -0.4 is 18.9 Å². The average Bonchev–Trinajstić information content (AvgIpc) is 3.60. The number of fused-ring (bicyclic) bond motifs is 1. The van der Waals surface area contributed by atoms with Crippen LogP contribution in [-0.4, -0.2) is 35.9 Å². The first kappa shape index (κ1) is 27.5. The van der Waals surface area contributed by atoms with Crippen LogP contribution in [0.1, 0.15) is 23.6 Å². The predicted octanol–water partition coefficient (Wildman–Crippen LogP) is 7.24. The summed E-state index contributed by atoms with van der Waals surface area (Å²) >= 11 is 1.39. The summed E-state index contributed by atoms with van der Waals surface area (Å²) in [5.74, 6) is 2.63. The molecule has 7 nitrogen and oxygen atoms in total. The predicted molar refractivity (Wildman–Crippen MR) is 165 cm³/mol. The highest BCUT2D eigenvalue weighted by Gasteiger charge is 2.33. The highest BCUT2D eigenvalue weighted by Crippen LogP contribution is 2.37. The molecule has 0 aliphatic carbocycles. The number of aliphatic imine (C=N–C) groups is 1. The van der Waals surface area contributed by atoms with E-state index >= 15 is 0 Å². The molecule has 0 unspecified atom stereocenters. The largest absolute Gasteiger partial charge is 0.490 e. The normalized spacial score (nSPS) is 15.9. The van der Waals surface area contributed by atoms with Crippen molar-refractivity contribution in [2.75, 3.05) is 19.9 Å². The van der Waals surface area contributed by atoms with Crippen LogP contribution in [0.4, 0.5) is 5.69 Å². The van der Waals surface area contributed by atoms with Crippen molar-refractivity contribution in [2.24, 2.45) is 4.99 Å². The third kappa shape index (κ3) is 6.44. The molecule has 0 spiro atoms. The van der Waals surface area contributed by atoms with E-state index < -0.39 is 0 Å². The molecule has 8 heteroatoms. The Morgan fingerprint density at radius 2 is 1.64 bits per heavy atom. The van der Waals surface area contributed by atoms with E-state index in [1.165, 1.54) is 17.3 Å². The molecule has 0 saturated carbocycles. The van der Waals surface area contributed by atoms with Gasteiger partial charge in [-0.05, 0) is 84.3 Å². The molecule has 1 fully saturated rings. The van der Waals surface area contributed by atoms with E-state index in [1.54, 1.807) is 4.90 Å². The van der Waals surface area contributed by atoms with Crippen molar-refractivity contribution in [1.29, 1.82) is 0 Å². The van der Waals surface area contributed by atoms with Crippen LogP contribution in [0.25, 0.3) is 6.08 Å². The molecule has 212 valence electrons. The Balaban J connectivity index is 1.22. The lowest BCUT2D eigenvalue weighted by Gasteiger charge is -2.15. The number of thioether (sulfide) groups is 1. The minimum absolute atomic E-state index is 0.0632. The monoisotopic (exact) mass is 578 g/mol. The molecule has 2 aliphatic rings. The minimum Gasteiger partial charge on any atom is -0.490 e. The molecule has 4 aromatic carbocycles. The summed E-state index contributed by atoms with van der Waals surface area (Å²) in [5, 5.41) is 0.669. The first-order valence-corrected chi connectivity index (χ1v) is 14.6. The Morgan fingerprint density at radius 1 is 0.857 bits per heavy atom. The molecule has 0 bridgehead atoms. The van der Waals surface area contributed by atoms with Crippen LogP contribution in [0.3, 0.4) is 0 Å². The van der Waals surface area contributed by atoms with E-state index in [1.807, 2.05) is 97.9 Å². The summed E-state index contributed by atoms with van der Waals surface area (Å²) in [7, 11) is 0. The number of nitrogens with zero attached hydrogens (tertiary/aromatic N) is 2. The van der Waals surface area contributed by atoms with Crippen molar-refractivity contribution >= 4 is 34.6 Å². The van der Waals surface area contributed by atoms with Gasteiger partial charge in [0.25, 0.3) is 5.91 Å². The lowest BCUT2D eigenvalue weighted by atomic mass is 10.1. The van der Waals surface area contributed by atoms with Gasteiger partial charge < -0.3 is 18.9 Å². The minimum atomic E-state index is -0.0632. The van der Waals surface area contributed by atoms with Crippen molar-refractivity contribution in [3.05, 3.63) is 119 Å². The summed E-state index contributed by atoms with van der Waals surface area (Å²) in [5.41, 5.74) is 3.78. The molecule has 0 radical (unpaired) electrons. The lowest BCUT2D eigenvalue weighted by Crippen LogP contribution is -2.31. The van der Waals surface area contributed by atoms with Crippen molar-refractivity contribution in [3.63, 3.8) is 0 Å². The van der Waals surface area contributed by atoms with Gasteiger partial charge >= 0.3 is 0 Å². The van der Waals surface area contributed by atoms with Crippen molar-refractivity contribution in [2.45, 2.75) is 20.0 Å². The Kier molecular flexibility index (Phi) is 8.42. The molecule has 0 aromatic heterocycles. The number of benzene rings is 4. The second-order valence-corrected chi connectivity index (χ2v) is 10.7. The summed E-state index contributed by atoms with van der Waals surface area (Å²) in [6.07, 6.45) is 2.62. The molecule has 6 rings (SSSR count). The van der Waals surface area contributed by atoms with Gasteiger partial charge in [0, 0.05) is 6.54 Å². The molecular weight excluding hydrogens is 548 g/mol. The highest BCUT2D eigenvalue weighted by molar-refractivity contribution is 8.18. The van der Waals surface area contributed by atoms with Crippen LogP contribution in [0.5, 0.6) is 23.0 Å². The smallest absolute Gasteiger partial charge is 0.266 e. The zero-order chi connectivity index (χ0) is 28.7. The third-order valence-corrected chi connectivity index (χ3v) is 7.74. The summed E-state index contributed by atoms with van der Waals surface area (Å²) in [6, 6.07) is 31.3. The number of rotatable bonds is 10. The van der Waals surface area contributed by atoms with Crippen molar-refractivity contribution < 1.29 is 23.7 Å². The second-order valence-electron chi connectivity index (χ2n) is 9.65. The molecule has 2 aliphatic heterocycles. The number of carbonyl (C=O) groups excluding carboxylic acids is 1. The maximum absolute atomic E-state index is 13.6. The SMILES string of the molecule is CCOc1cc(/C=C2/SC(=Nc3ccccc3)N(CCc3ccccc3)C2=O)ccc1OCc1ccc2c(c1)OCO2. The molecule has 2 heterocycles. The number of amidine groups is 1. The van der Waals surface area contributed by atoms with Gasteiger partial charge in [-0.2, -0.15) is 0 Å². The summed E-state index contributed by atoms with van der Waals surface area (Å²) < 4.78 is 22.9. The van der Waals surface area contributed by atoms with E-state index in [9.17, 15) is 4.79 Å². The summed E-state index contributed by atoms with van der Waals surface area (Å²) in [4.78, 5) is 20.8. The first-order chi connectivity index (χ1) is 20.7. The Morgan fingerprint density at radius 3 is 2.45 bits per heavy atom.